The Morgan fingerprint density at radius 3 is 2.50 bits per heavy atom. The van der Waals surface area contributed by atoms with Crippen LogP contribution in [0, 0.1) is 23.0 Å². The molecule has 0 amide bonds. The van der Waals surface area contributed by atoms with Crippen LogP contribution in [-0.4, -0.2) is 12.1 Å². The van der Waals surface area contributed by atoms with E-state index in [1.165, 1.54) is 18.2 Å². The molecule has 6 heteroatoms. The number of benzene rings is 2. The summed E-state index contributed by atoms with van der Waals surface area (Å²) in [5.74, 6) is -0.0449. The van der Waals surface area contributed by atoms with Crippen LogP contribution < -0.4 is 5.32 Å². The molecule has 0 aliphatic rings. The van der Waals surface area contributed by atoms with E-state index in [4.69, 9.17) is 4.74 Å². The number of nitriles is 1. The van der Waals surface area contributed by atoms with Crippen molar-refractivity contribution in [2.75, 3.05) is 12.4 Å². The van der Waals surface area contributed by atoms with Crippen LogP contribution in [0.25, 0.3) is 11.3 Å². The number of nitrogens with one attached hydrogen (secondary N) is 2. The number of anilines is 1. The molecular formula is C26H23F2N3O. The highest BCUT2D eigenvalue weighted by atomic mass is 19.1. The Kier molecular flexibility index (Phi) is 7.25. The first-order chi connectivity index (χ1) is 15.4. The van der Waals surface area contributed by atoms with Gasteiger partial charge in [-0.3, -0.25) is 0 Å². The molecule has 2 aromatic carbocycles. The van der Waals surface area contributed by atoms with Gasteiger partial charge in [0.25, 0.3) is 0 Å². The largest absolute Gasteiger partial charge is 0.497 e. The van der Waals surface area contributed by atoms with Gasteiger partial charge in [0.15, 0.2) is 0 Å². The molecule has 162 valence electrons. The van der Waals surface area contributed by atoms with Crippen molar-refractivity contribution in [3.05, 3.63) is 113 Å². The van der Waals surface area contributed by atoms with Crippen LogP contribution in [-0.2, 0) is 11.2 Å². The van der Waals surface area contributed by atoms with E-state index in [0.29, 0.717) is 39.7 Å². The molecule has 0 fully saturated rings. The second-order valence-electron chi connectivity index (χ2n) is 7.06. The van der Waals surface area contributed by atoms with Gasteiger partial charge in [0.2, 0.25) is 0 Å². The Bertz CT molecular complexity index is 1210. The van der Waals surface area contributed by atoms with Gasteiger partial charge in [0.1, 0.15) is 29.2 Å². The van der Waals surface area contributed by atoms with Crippen molar-refractivity contribution in [3.63, 3.8) is 0 Å². The summed E-state index contributed by atoms with van der Waals surface area (Å²) in [6, 6.07) is 14.7. The molecule has 4 nitrogen and oxygen atoms in total. The molecule has 0 spiro atoms. The zero-order valence-electron chi connectivity index (χ0n) is 17.9. The minimum atomic E-state index is -0.397. The van der Waals surface area contributed by atoms with Crippen LogP contribution >= 0.6 is 0 Å². The summed E-state index contributed by atoms with van der Waals surface area (Å²) < 4.78 is 33.1. The van der Waals surface area contributed by atoms with Crippen molar-refractivity contribution in [2.24, 2.45) is 0 Å². The molecule has 0 saturated heterocycles. The van der Waals surface area contributed by atoms with Gasteiger partial charge in [0, 0.05) is 23.5 Å². The number of halogens is 2. The second kappa shape index (κ2) is 10.3. The summed E-state index contributed by atoms with van der Waals surface area (Å²) >= 11 is 0. The number of allylic oxidation sites excluding steroid dienone is 3. The molecule has 3 aromatic rings. The average Bonchev–Trinajstić information content (AvgIpc) is 3.19. The lowest BCUT2D eigenvalue weighted by atomic mass is 10.0. The predicted octanol–water partition coefficient (Wildman–Crippen LogP) is 6.45. The Hall–Kier alpha value is -4.11. The Morgan fingerprint density at radius 2 is 1.88 bits per heavy atom. The maximum atomic E-state index is 14.8. The van der Waals surface area contributed by atoms with Gasteiger partial charge in [-0.2, -0.15) is 5.26 Å². The standard InChI is InChI=1S/C26H23F2N3O/c1-4-23(32-3)12-5-17(2)30-22-11-8-19(24(28)15-22)13-20-14-25(31-26(20)16-29)18-6-9-21(27)10-7-18/h4-12,14-15,30-31H,2,13H2,1,3H3/b12-5-,23-4+. The molecule has 0 bridgehead atoms. The quantitative estimate of drug-likeness (QED) is 0.318. The maximum absolute atomic E-state index is 14.8. The van der Waals surface area contributed by atoms with E-state index in [9.17, 15) is 14.0 Å². The Labute approximate surface area is 186 Å². The molecule has 1 heterocycles. The number of aromatic amines is 1. The van der Waals surface area contributed by atoms with E-state index in [2.05, 4.69) is 22.9 Å². The van der Waals surface area contributed by atoms with Crippen LogP contribution in [0.4, 0.5) is 14.5 Å². The van der Waals surface area contributed by atoms with Gasteiger partial charge >= 0.3 is 0 Å². The third-order valence-electron chi connectivity index (χ3n) is 4.87. The van der Waals surface area contributed by atoms with Gasteiger partial charge in [-0.25, -0.2) is 8.78 Å². The Morgan fingerprint density at radius 1 is 1.12 bits per heavy atom. The number of methoxy groups -OCH3 is 1. The molecule has 0 atom stereocenters. The van der Waals surface area contributed by atoms with E-state index < -0.39 is 5.82 Å². The van der Waals surface area contributed by atoms with Crippen molar-refractivity contribution in [1.82, 2.24) is 4.98 Å². The summed E-state index contributed by atoms with van der Waals surface area (Å²) in [5, 5.41) is 12.5. The van der Waals surface area contributed by atoms with Gasteiger partial charge < -0.3 is 15.0 Å². The normalized spacial score (nSPS) is 11.4. The zero-order valence-corrected chi connectivity index (χ0v) is 17.9. The molecular weight excluding hydrogens is 408 g/mol. The SMILES string of the molecule is C=C(/C=C\C(=C/C)OC)Nc1ccc(Cc2cc(-c3ccc(F)cc3)[nH]c2C#N)c(F)c1. The van der Waals surface area contributed by atoms with Crippen molar-refractivity contribution < 1.29 is 13.5 Å². The fraction of sp³-hybridized carbons (Fsp3) is 0.115. The van der Waals surface area contributed by atoms with Gasteiger partial charge in [-0.1, -0.05) is 12.6 Å². The third-order valence-corrected chi connectivity index (χ3v) is 4.87. The van der Waals surface area contributed by atoms with Crippen molar-refractivity contribution in [2.45, 2.75) is 13.3 Å². The summed E-state index contributed by atoms with van der Waals surface area (Å²) in [5.41, 5.74) is 4.02. The lowest BCUT2D eigenvalue weighted by Crippen LogP contribution is -1.99. The lowest BCUT2D eigenvalue weighted by molar-refractivity contribution is 0.306. The summed E-state index contributed by atoms with van der Waals surface area (Å²) in [7, 11) is 1.58. The minimum absolute atomic E-state index is 0.242. The van der Waals surface area contributed by atoms with Crippen LogP contribution in [0.1, 0.15) is 23.7 Å². The topological polar surface area (TPSA) is 60.8 Å². The van der Waals surface area contributed by atoms with Gasteiger partial charge in [-0.15, -0.1) is 0 Å². The third kappa shape index (κ3) is 5.52. The van der Waals surface area contributed by atoms with E-state index >= 15 is 0 Å². The monoisotopic (exact) mass is 431 g/mol. The number of H-pyrrole nitrogens is 1. The highest BCUT2D eigenvalue weighted by Crippen LogP contribution is 2.26. The van der Waals surface area contributed by atoms with Gasteiger partial charge in [-0.05, 0) is 84.3 Å². The highest BCUT2D eigenvalue weighted by molar-refractivity contribution is 5.63. The highest BCUT2D eigenvalue weighted by Gasteiger charge is 2.13. The van der Waals surface area contributed by atoms with Crippen LogP contribution in [0.15, 0.2) is 84.8 Å². The van der Waals surface area contributed by atoms with Crippen molar-refractivity contribution in [3.8, 4) is 17.3 Å². The molecule has 32 heavy (non-hydrogen) atoms. The Balaban J connectivity index is 1.75. The van der Waals surface area contributed by atoms with Crippen LogP contribution in [0.2, 0.25) is 0 Å². The van der Waals surface area contributed by atoms with Crippen LogP contribution in [0.3, 0.4) is 0 Å². The predicted molar refractivity (Wildman–Crippen MR) is 123 cm³/mol. The van der Waals surface area contributed by atoms with Crippen molar-refractivity contribution >= 4 is 5.69 Å². The summed E-state index contributed by atoms with van der Waals surface area (Å²) in [4.78, 5) is 3.02. The van der Waals surface area contributed by atoms with E-state index in [1.807, 2.05) is 13.0 Å². The fourth-order valence-corrected chi connectivity index (χ4v) is 3.19. The molecule has 0 aliphatic carbocycles. The molecule has 1 aromatic heterocycles. The number of ether oxygens (including phenoxy) is 1. The van der Waals surface area contributed by atoms with Crippen molar-refractivity contribution in [1.29, 1.82) is 5.26 Å². The lowest BCUT2D eigenvalue weighted by Gasteiger charge is -2.09. The smallest absolute Gasteiger partial charge is 0.128 e. The molecule has 2 N–H and O–H groups in total. The van der Waals surface area contributed by atoms with E-state index in [0.717, 1.165) is 5.56 Å². The first-order valence-electron chi connectivity index (χ1n) is 9.94. The van der Waals surface area contributed by atoms with E-state index in [1.54, 1.807) is 49.6 Å². The zero-order chi connectivity index (χ0) is 23.1. The molecule has 3 rings (SSSR count). The number of nitrogens with zero attached hydrogens (tertiary/aromatic N) is 1. The molecule has 0 aliphatic heterocycles. The second-order valence-corrected chi connectivity index (χ2v) is 7.06. The summed E-state index contributed by atoms with van der Waals surface area (Å²) in [6.07, 6.45) is 5.55. The average molecular weight is 431 g/mol. The number of aromatic nitrogens is 1. The number of hydrogen-bond acceptors (Lipinski definition) is 3. The minimum Gasteiger partial charge on any atom is -0.497 e. The van der Waals surface area contributed by atoms with Crippen LogP contribution in [0.5, 0.6) is 0 Å². The molecule has 0 radical (unpaired) electrons. The first kappa shape index (κ1) is 22.6. The molecule has 0 unspecified atom stereocenters. The fourth-order valence-electron chi connectivity index (χ4n) is 3.19. The summed E-state index contributed by atoms with van der Waals surface area (Å²) in [6.45, 7) is 5.76. The van der Waals surface area contributed by atoms with E-state index in [-0.39, 0.29) is 12.2 Å². The number of hydrogen-bond donors (Lipinski definition) is 2. The van der Waals surface area contributed by atoms with Gasteiger partial charge in [0.05, 0.1) is 7.11 Å². The first-order valence-corrected chi connectivity index (χ1v) is 9.94. The molecule has 0 saturated carbocycles. The maximum Gasteiger partial charge on any atom is 0.128 e. The number of rotatable bonds is 8.